The van der Waals surface area contributed by atoms with Gasteiger partial charge in [0, 0.05) is 17.8 Å². The van der Waals surface area contributed by atoms with Crippen molar-refractivity contribution in [2.45, 2.75) is 24.3 Å². The largest absolute Gasteiger partial charge is 0.492 e. The number of nitro benzene ring substituents is 1. The molecule has 0 saturated carbocycles. The van der Waals surface area contributed by atoms with E-state index in [2.05, 4.69) is 20.8 Å². The second-order valence-corrected chi connectivity index (χ2v) is 7.14. The molecule has 1 heterocycles. The first kappa shape index (κ1) is 20.3. The maximum absolute atomic E-state index is 12.5. The van der Waals surface area contributed by atoms with E-state index < -0.39 is 10.2 Å². The first-order valence-corrected chi connectivity index (χ1v) is 9.60. The van der Waals surface area contributed by atoms with Crippen molar-refractivity contribution in [2.75, 3.05) is 11.9 Å². The molecule has 11 heteroatoms. The third kappa shape index (κ3) is 4.88. The van der Waals surface area contributed by atoms with E-state index in [0.717, 1.165) is 0 Å². The Bertz CT molecular complexity index is 1010. The maximum Gasteiger partial charge on any atom is 0.269 e. The van der Waals surface area contributed by atoms with Crippen molar-refractivity contribution in [1.82, 2.24) is 20.2 Å². The summed E-state index contributed by atoms with van der Waals surface area (Å²) in [6.45, 7) is 4.10. The Labute approximate surface area is 170 Å². The Hall–Kier alpha value is -3.47. The Balaban J connectivity index is 1.72. The summed E-state index contributed by atoms with van der Waals surface area (Å²) in [5.41, 5.74) is 1.09. The number of aromatic nitrogens is 4. The number of tetrazole rings is 1. The highest BCUT2D eigenvalue weighted by Gasteiger charge is 2.21. The molecule has 3 aromatic rings. The van der Waals surface area contributed by atoms with Crippen LogP contribution < -0.4 is 10.1 Å². The first-order chi connectivity index (χ1) is 14.0. The van der Waals surface area contributed by atoms with Crippen molar-refractivity contribution in [3.8, 4) is 11.4 Å². The number of amides is 1. The number of carbonyl (C=O) groups is 1. The fourth-order valence-electron chi connectivity index (χ4n) is 2.44. The molecule has 0 bridgehead atoms. The van der Waals surface area contributed by atoms with E-state index in [-0.39, 0.29) is 11.6 Å². The van der Waals surface area contributed by atoms with Crippen molar-refractivity contribution < 1.29 is 14.5 Å². The van der Waals surface area contributed by atoms with E-state index in [1.54, 1.807) is 6.92 Å². The van der Waals surface area contributed by atoms with Crippen molar-refractivity contribution in [2.24, 2.45) is 0 Å². The van der Waals surface area contributed by atoms with Crippen LogP contribution in [0.15, 0.2) is 53.7 Å². The monoisotopic (exact) mass is 414 g/mol. The lowest BCUT2D eigenvalue weighted by molar-refractivity contribution is -0.384. The second-order valence-electron chi connectivity index (χ2n) is 5.83. The Morgan fingerprint density at radius 1 is 1.28 bits per heavy atom. The summed E-state index contributed by atoms with van der Waals surface area (Å²) in [6.07, 6.45) is 0. The molecule has 1 N–H and O–H groups in total. The molecule has 1 aromatic heterocycles. The molecule has 1 atom stereocenters. The highest BCUT2D eigenvalue weighted by Crippen LogP contribution is 2.28. The lowest BCUT2D eigenvalue weighted by Crippen LogP contribution is -2.23. The molecule has 3 rings (SSSR count). The van der Waals surface area contributed by atoms with Crippen molar-refractivity contribution in [3.63, 3.8) is 0 Å². The summed E-state index contributed by atoms with van der Waals surface area (Å²) in [5, 5.41) is 25.1. The number of nitro groups is 1. The van der Waals surface area contributed by atoms with Crippen molar-refractivity contribution in [3.05, 3.63) is 58.6 Å². The fourth-order valence-corrected chi connectivity index (χ4v) is 3.24. The summed E-state index contributed by atoms with van der Waals surface area (Å²) >= 11 is 1.18. The number of nitrogens with one attached hydrogen (secondary N) is 1. The zero-order valence-electron chi connectivity index (χ0n) is 15.7. The first-order valence-electron chi connectivity index (χ1n) is 8.72. The minimum absolute atomic E-state index is 0.0439. The number of benzene rings is 2. The summed E-state index contributed by atoms with van der Waals surface area (Å²) in [6, 6.07) is 13.0. The molecule has 2 aromatic carbocycles. The minimum atomic E-state index is -0.519. The van der Waals surface area contributed by atoms with Gasteiger partial charge in [0.1, 0.15) is 11.4 Å². The van der Waals surface area contributed by atoms with Crippen LogP contribution in [0.25, 0.3) is 5.69 Å². The number of carbonyl (C=O) groups excluding carboxylic acids is 1. The zero-order chi connectivity index (χ0) is 20.8. The SMILES string of the molecule is CCOc1ccccc1-n1nnnc1S[C@@H](C)C(=O)Nc1ccc([N+](=O)[O-])cc1. The molecule has 0 radical (unpaired) electrons. The van der Waals surface area contributed by atoms with Gasteiger partial charge < -0.3 is 10.1 Å². The van der Waals surface area contributed by atoms with Gasteiger partial charge in [0.25, 0.3) is 5.69 Å². The van der Waals surface area contributed by atoms with Gasteiger partial charge in [-0.25, -0.2) is 0 Å². The summed E-state index contributed by atoms with van der Waals surface area (Å²) in [5.74, 6) is 0.351. The number of hydrogen-bond acceptors (Lipinski definition) is 8. The number of para-hydroxylation sites is 2. The van der Waals surface area contributed by atoms with Crippen LogP contribution in [-0.4, -0.2) is 42.9 Å². The van der Waals surface area contributed by atoms with Crippen LogP contribution in [0, 0.1) is 10.1 Å². The van der Waals surface area contributed by atoms with Crippen LogP contribution in [0.1, 0.15) is 13.8 Å². The average molecular weight is 414 g/mol. The zero-order valence-corrected chi connectivity index (χ0v) is 16.5. The predicted molar refractivity (Wildman–Crippen MR) is 107 cm³/mol. The molecular formula is C18H18N6O4S. The predicted octanol–water partition coefficient (Wildman–Crippen LogP) is 3.09. The molecule has 10 nitrogen and oxygen atoms in total. The van der Waals surface area contributed by atoms with E-state index >= 15 is 0 Å². The van der Waals surface area contributed by atoms with Gasteiger partial charge in [0.05, 0.1) is 16.8 Å². The molecule has 0 aliphatic carbocycles. The third-order valence-electron chi connectivity index (χ3n) is 3.83. The lowest BCUT2D eigenvalue weighted by atomic mass is 10.3. The smallest absolute Gasteiger partial charge is 0.269 e. The molecular weight excluding hydrogens is 396 g/mol. The van der Waals surface area contributed by atoms with Crippen molar-refractivity contribution in [1.29, 1.82) is 0 Å². The Morgan fingerprint density at radius 3 is 2.69 bits per heavy atom. The number of hydrogen-bond donors (Lipinski definition) is 1. The Morgan fingerprint density at radius 2 is 2.00 bits per heavy atom. The Kier molecular flexibility index (Phi) is 6.39. The fraction of sp³-hybridized carbons (Fsp3) is 0.222. The van der Waals surface area contributed by atoms with E-state index in [1.165, 1.54) is 40.7 Å². The lowest BCUT2D eigenvalue weighted by Gasteiger charge is -2.13. The quantitative estimate of drug-likeness (QED) is 0.339. The van der Waals surface area contributed by atoms with Gasteiger partial charge in [0.2, 0.25) is 11.1 Å². The number of nitrogens with zero attached hydrogens (tertiary/aromatic N) is 5. The number of non-ortho nitro benzene ring substituents is 1. The van der Waals surface area contributed by atoms with Gasteiger partial charge in [-0.1, -0.05) is 23.9 Å². The van der Waals surface area contributed by atoms with Crippen LogP contribution in [0.2, 0.25) is 0 Å². The molecule has 0 fully saturated rings. The van der Waals surface area contributed by atoms with Gasteiger partial charge in [-0.05, 0) is 48.5 Å². The standard InChI is InChI=1S/C18H18N6O4S/c1-3-28-16-7-5-4-6-15(16)23-18(20-21-22-23)29-12(2)17(25)19-13-8-10-14(11-9-13)24(26)27/h4-12H,3H2,1-2H3,(H,19,25)/t12-/m0/s1. The van der Waals surface area contributed by atoms with E-state index in [4.69, 9.17) is 4.74 Å². The van der Waals surface area contributed by atoms with Gasteiger partial charge in [-0.3, -0.25) is 14.9 Å². The van der Waals surface area contributed by atoms with Gasteiger partial charge in [0.15, 0.2) is 0 Å². The van der Waals surface area contributed by atoms with E-state index in [0.29, 0.717) is 28.9 Å². The molecule has 0 aliphatic rings. The summed E-state index contributed by atoms with van der Waals surface area (Å²) in [4.78, 5) is 22.7. The minimum Gasteiger partial charge on any atom is -0.492 e. The summed E-state index contributed by atoms with van der Waals surface area (Å²) in [7, 11) is 0. The van der Waals surface area contributed by atoms with Crippen LogP contribution >= 0.6 is 11.8 Å². The van der Waals surface area contributed by atoms with E-state index in [1.807, 2.05) is 31.2 Å². The topological polar surface area (TPSA) is 125 Å². The van der Waals surface area contributed by atoms with Gasteiger partial charge in [-0.2, -0.15) is 4.68 Å². The average Bonchev–Trinajstić information content (AvgIpc) is 3.17. The molecule has 0 spiro atoms. The molecule has 0 aliphatic heterocycles. The van der Waals surface area contributed by atoms with Gasteiger partial charge >= 0.3 is 0 Å². The van der Waals surface area contributed by atoms with Crippen LogP contribution in [0.5, 0.6) is 5.75 Å². The number of anilines is 1. The number of thioether (sulfide) groups is 1. The molecule has 150 valence electrons. The number of rotatable bonds is 8. The molecule has 0 unspecified atom stereocenters. The van der Waals surface area contributed by atoms with Crippen LogP contribution in [0.3, 0.4) is 0 Å². The molecule has 1 amide bonds. The third-order valence-corrected chi connectivity index (χ3v) is 4.86. The van der Waals surface area contributed by atoms with Crippen molar-refractivity contribution >= 4 is 29.0 Å². The van der Waals surface area contributed by atoms with Gasteiger partial charge in [-0.15, -0.1) is 5.10 Å². The molecule has 29 heavy (non-hydrogen) atoms. The highest BCUT2D eigenvalue weighted by molar-refractivity contribution is 8.00. The van der Waals surface area contributed by atoms with Crippen LogP contribution in [-0.2, 0) is 4.79 Å². The normalized spacial score (nSPS) is 11.7. The molecule has 0 saturated heterocycles. The van der Waals surface area contributed by atoms with Crippen LogP contribution in [0.4, 0.5) is 11.4 Å². The highest BCUT2D eigenvalue weighted by atomic mass is 32.2. The maximum atomic E-state index is 12.5. The van der Waals surface area contributed by atoms with E-state index in [9.17, 15) is 14.9 Å². The second kappa shape index (κ2) is 9.15. The summed E-state index contributed by atoms with van der Waals surface area (Å²) < 4.78 is 7.14. The number of ether oxygens (including phenoxy) is 1.